The molecule has 1 aromatic heterocycles. The highest BCUT2D eigenvalue weighted by atomic mass is 35.5. The predicted molar refractivity (Wildman–Crippen MR) is 53.7 cm³/mol. The van der Waals surface area contributed by atoms with Gasteiger partial charge in [0.25, 0.3) is 0 Å². The zero-order valence-electron chi connectivity index (χ0n) is 7.87. The van der Waals surface area contributed by atoms with Crippen LogP contribution in [0, 0.1) is 0 Å². The molecule has 0 saturated heterocycles. The van der Waals surface area contributed by atoms with Crippen molar-refractivity contribution < 1.29 is 13.2 Å². The Bertz CT molecular complexity index is 276. The Morgan fingerprint density at radius 3 is 2.53 bits per heavy atom. The molecule has 0 unspecified atom stereocenters. The Morgan fingerprint density at radius 2 is 2.07 bits per heavy atom. The molecule has 0 aromatic carbocycles. The first-order chi connectivity index (χ1) is 6.49. The Kier molecular flexibility index (Phi) is 5.60. The maximum atomic E-state index is 11.9. The molecule has 0 amide bonds. The fourth-order valence-corrected chi connectivity index (χ4v) is 1.08. The van der Waals surface area contributed by atoms with Gasteiger partial charge < -0.3 is 5.73 Å². The Balaban J connectivity index is 0.00000196. The van der Waals surface area contributed by atoms with E-state index < -0.39 is 18.6 Å². The molecule has 0 bridgehead atoms. The van der Waals surface area contributed by atoms with Gasteiger partial charge in [-0.25, -0.2) is 0 Å². The number of hydrogen-bond acceptors (Lipinski definition) is 2. The van der Waals surface area contributed by atoms with Gasteiger partial charge in [-0.1, -0.05) is 6.07 Å². The van der Waals surface area contributed by atoms with Gasteiger partial charge in [0.15, 0.2) is 0 Å². The minimum absolute atomic E-state index is 0. The molecule has 0 aliphatic carbocycles. The van der Waals surface area contributed by atoms with Crippen LogP contribution in [-0.4, -0.2) is 11.2 Å². The molecule has 1 heterocycles. The lowest BCUT2D eigenvalue weighted by atomic mass is 10.1. The number of alkyl halides is 3. The minimum Gasteiger partial charge on any atom is -0.324 e. The monoisotopic (exact) mass is 240 g/mol. The fourth-order valence-electron chi connectivity index (χ4n) is 1.08. The van der Waals surface area contributed by atoms with Crippen molar-refractivity contribution in [3.8, 4) is 0 Å². The van der Waals surface area contributed by atoms with Crippen LogP contribution in [0.4, 0.5) is 13.2 Å². The average molecular weight is 241 g/mol. The summed E-state index contributed by atoms with van der Waals surface area (Å²) in [6.45, 7) is 0. The molecular weight excluding hydrogens is 229 g/mol. The first-order valence-electron chi connectivity index (χ1n) is 4.21. The van der Waals surface area contributed by atoms with Gasteiger partial charge in [-0.3, -0.25) is 4.98 Å². The highest BCUT2D eigenvalue weighted by molar-refractivity contribution is 5.85. The van der Waals surface area contributed by atoms with Gasteiger partial charge in [0.1, 0.15) is 0 Å². The summed E-state index contributed by atoms with van der Waals surface area (Å²) in [5, 5.41) is 0. The fraction of sp³-hybridized carbons (Fsp3) is 0.444. The average Bonchev–Trinajstić information content (AvgIpc) is 2.14. The smallest absolute Gasteiger partial charge is 0.324 e. The normalized spacial score (nSPS) is 13.1. The van der Waals surface area contributed by atoms with Gasteiger partial charge in [0.2, 0.25) is 0 Å². The second kappa shape index (κ2) is 5.92. The highest BCUT2D eigenvalue weighted by Gasteiger charge is 2.27. The lowest BCUT2D eigenvalue weighted by molar-refractivity contribution is -0.136. The quantitative estimate of drug-likeness (QED) is 0.882. The highest BCUT2D eigenvalue weighted by Crippen LogP contribution is 2.25. The Morgan fingerprint density at radius 1 is 1.40 bits per heavy atom. The van der Waals surface area contributed by atoms with E-state index in [9.17, 15) is 13.2 Å². The molecule has 1 aromatic rings. The lowest BCUT2D eigenvalue weighted by Gasteiger charge is -2.12. The molecule has 6 heteroatoms. The SMILES string of the molecule is Cl.N[C@@H](CCC(F)(F)F)c1cccnc1. The van der Waals surface area contributed by atoms with Crippen LogP contribution in [0.2, 0.25) is 0 Å². The van der Waals surface area contributed by atoms with Crippen LogP contribution in [0.1, 0.15) is 24.4 Å². The van der Waals surface area contributed by atoms with Crippen LogP contribution >= 0.6 is 12.4 Å². The Labute approximate surface area is 92.1 Å². The summed E-state index contributed by atoms with van der Waals surface area (Å²) in [4.78, 5) is 3.79. The maximum absolute atomic E-state index is 11.9. The minimum atomic E-state index is -4.14. The van der Waals surface area contributed by atoms with Crippen molar-refractivity contribution in [3.63, 3.8) is 0 Å². The number of halogens is 4. The van der Waals surface area contributed by atoms with Crippen LogP contribution in [0.15, 0.2) is 24.5 Å². The van der Waals surface area contributed by atoms with Gasteiger partial charge in [0.05, 0.1) is 0 Å². The second-order valence-electron chi connectivity index (χ2n) is 3.05. The molecular formula is C9H12ClF3N2. The first-order valence-corrected chi connectivity index (χ1v) is 4.21. The van der Waals surface area contributed by atoms with E-state index in [1.165, 1.54) is 6.20 Å². The van der Waals surface area contributed by atoms with Crippen molar-refractivity contribution in [3.05, 3.63) is 30.1 Å². The van der Waals surface area contributed by atoms with Crippen molar-refractivity contribution >= 4 is 12.4 Å². The molecule has 0 radical (unpaired) electrons. The van der Waals surface area contributed by atoms with Gasteiger partial charge in [0, 0.05) is 24.9 Å². The van der Waals surface area contributed by atoms with Crippen LogP contribution in [-0.2, 0) is 0 Å². The molecule has 86 valence electrons. The van der Waals surface area contributed by atoms with Crippen molar-refractivity contribution in [2.45, 2.75) is 25.1 Å². The van der Waals surface area contributed by atoms with E-state index in [2.05, 4.69) is 4.98 Å². The lowest BCUT2D eigenvalue weighted by Crippen LogP contribution is -2.15. The van der Waals surface area contributed by atoms with Crippen LogP contribution in [0.25, 0.3) is 0 Å². The first kappa shape index (κ1) is 14.2. The molecule has 1 atom stereocenters. The number of rotatable bonds is 3. The molecule has 0 fully saturated rings. The van der Waals surface area contributed by atoms with Crippen molar-refractivity contribution in [1.82, 2.24) is 4.98 Å². The third-order valence-electron chi connectivity index (χ3n) is 1.85. The molecule has 2 nitrogen and oxygen atoms in total. The van der Waals surface area contributed by atoms with E-state index in [1.807, 2.05) is 0 Å². The van der Waals surface area contributed by atoms with E-state index in [1.54, 1.807) is 18.3 Å². The third kappa shape index (κ3) is 5.59. The summed E-state index contributed by atoms with van der Waals surface area (Å²) in [5.41, 5.74) is 6.20. The largest absolute Gasteiger partial charge is 0.389 e. The zero-order chi connectivity index (χ0) is 10.6. The molecule has 1 rings (SSSR count). The van der Waals surface area contributed by atoms with E-state index in [0.29, 0.717) is 5.56 Å². The summed E-state index contributed by atoms with van der Waals surface area (Å²) in [7, 11) is 0. The van der Waals surface area contributed by atoms with Gasteiger partial charge >= 0.3 is 6.18 Å². The number of pyridine rings is 1. The second-order valence-corrected chi connectivity index (χ2v) is 3.05. The summed E-state index contributed by atoms with van der Waals surface area (Å²) >= 11 is 0. The van der Waals surface area contributed by atoms with E-state index in [-0.39, 0.29) is 18.8 Å². The van der Waals surface area contributed by atoms with Crippen LogP contribution in [0.3, 0.4) is 0 Å². The topological polar surface area (TPSA) is 38.9 Å². The summed E-state index contributed by atoms with van der Waals surface area (Å²) < 4.78 is 35.6. The van der Waals surface area contributed by atoms with Crippen LogP contribution < -0.4 is 5.73 Å². The van der Waals surface area contributed by atoms with Gasteiger partial charge in [-0.05, 0) is 18.1 Å². The van der Waals surface area contributed by atoms with Crippen molar-refractivity contribution in [2.24, 2.45) is 5.73 Å². The molecule has 0 saturated carbocycles. The molecule has 15 heavy (non-hydrogen) atoms. The van der Waals surface area contributed by atoms with Gasteiger partial charge in [-0.2, -0.15) is 13.2 Å². The van der Waals surface area contributed by atoms with E-state index in [0.717, 1.165) is 0 Å². The van der Waals surface area contributed by atoms with Gasteiger partial charge in [-0.15, -0.1) is 12.4 Å². The van der Waals surface area contributed by atoms with E-state index >= 15 is 0 Å². The molecule has 2 N–H and O–H groups in total. The molecule has 0 spiro atoms. The standard InChI is InChI=1S/C9H11F3N2.ClH/c10-9(11,12)4-3-8(13)7-2-1-5-14-6-7;/h1-2,5-6,8H,3-4,13H2;1H/t8-;/m0./s1. The molecule has 0 aliphatic heterocycles. The summed E-state index contributed by atoms with van der Waals surface area (Å²) in [5.74, 6) is 0. The predicted octanol–water partition coefficient (Wildman–Crippen LogP) is 2.85. The van der Waals surface area contributed by atoms with E-state index in [4.69, 9.17) is 5.73 Å². The Hall–Kier alpha value is -0.810. The molecule has 0 aliphatic rings. The van der Waals surface area contributed by atoms with Crippen LogP contribution in [0.5, 0.6) is 0 Å². The number of nitrogens with zero attached hydrogens (tertiary/aromatic N) is 1. The van der Waals surface area contributed by atoms with Crippen molar-refractivity contribution in [1.29, 1.82) is 0 Å². The van der Waals surface area contributed by atoms with Crippen molar-refractivity contribution in [2.75, 3.05) is 0 Å². The zero-order valence-corrected chi connectivity index (χ0v) is 8.68. The number of hydrogen-bond donors (Lipinski definition) is 1. The number of aromatic nitrogens is 1. The third-order valence-corrected chi connectivity index (χ3v) is 1.85. The number of nitrogens with two attached hydrogens (primary N) is 1. The summed E-state index contributed by atoms with van der Waals surface area (Å²) in [6.07, 6.45) is -2.06. The maximum Gasteiger partial charge on any atom is 0.389 e. The summed E-state index contributed by atoms with van der Waals surface area (Å²) in [6, 6.07) is 2.74.